The highest BCUT2D eigenvalue weighted by Crippen LogP contribution is 2.22. The summed E-state index contributed by atoms with van der Waals surface area (Å²) in [6.07, 6.45) is 2.34. The summed E-state index contributed by atoms with van der Waals surface area (Å²) in [6, 6.07) is 7.47. The second-order valence-electron chi connectivity index (χ2n) is 5.42. The number of sulfone groups is 1. The first kappa shape index (κ1) is 14.1. The van der Waals surface area contributed by atoms with Crippen LogP contribution in [0.3, 0.4) is 0 Å². The van der Waals surface area contributed by atoms with Crippen molar-refractivity contribution < 1.29 is 13.2 Å². The number of carbonyl (C=O) groups is 1. The van der Waals surface area contributed by atoms with Crippen LogP contribution in [0.1, 0.15) is 23.7 Å². The fourth-order valence-electron chi connectivity index (χ4n) is 2.86. The molecule has 1 aliphatic rings. The van der Waals surface area contributed by atoms with Crippen LogP contribution in [0.2, 0.25) is 0 Å². The van der Waals surface area contributed by atoms with Crippen LogP contribution < -0.4 is 5.32 Å². The topological polar surface area (TPSA) is 68.2 Å². The number of carbonyl (C=O) groups excluding carboxylic acids is 1. The summed E-state index contributed by atoms with van der Waals surface area (Å²) in [6.45, 7) is 2.81. The van der Waals surface area contributed by atoms with Gasteiger partial charge in [0.1, 0.15) is 0 Å². The molecule has 1 N–H and O–H groups in total. The number of para-hydroxylation sites is 1. The average Bonchev–Trinajstić information content (AvgIpc) is 2.99. The number of aromatic nitrogens is 1. The minimum Gasteiger partial charge on any atom is -0.348 e. The Hall–Kier alpha value is -1.82. The predicted octanol–water partition coefficient (Wildman–Crippen LogP) is 1.58. The van der Waals surface area contributed by atoms with Crippen molar-refractivity contribution in [2.75, 3.05) is 11.5 Å². The van der Waals surface area contributed by atoms with Crippen LogP contribution in [0.15, 0.2) is 30.5 Å². The average molecular weight is 306 g/mol. The molecule has 5 nitrogen and oxygen atoms in total. The van der Waals surface area contributed by atoms with Crippen LogP contribution in [0.5, 0.6) is 0 Å². The van der Waals surface area contributed by atoms with Crippen LogP contribution in [-0.4, -0.2) is 36.4 Å². The zero-order valence-electron chi connectivity index (χ0n) is 11.9. The molecular weight excluding hydrogens is 288 g/mol. The zero-order chi connectivity index (χ0) is 15.0. The Balaban J connectivity index is 1.88. The van der Waals surface area contributed by atoms with Gasteiger partial charge < -0.3 is 9.88 Å². The summed E-state index contributed by atoms with van der Waals surface area (Å²) < 4.78 is 25.0. The molecule has 0 aliphatic carbocycles. The SMILES string of the molecule is CCn1cc(C(=O)NC2CCS(=O)(=O)C2)c2ccccc21. The van der Waals surface area contributed by atoms with Crippen molar-refractivity contribution in [3.63, 3.8) is 0 Å². The maximum absolute atomic E-state index is 12.4. The number of nitrogens with one attached hydrogen (secondary N) is 1. The second-order valence-corrected chi connectivity index (χ2v) is 7.65. The number of hydrogen-bond acceptors (Lipinski definition) is 3. The van der Waals surface area contributed by atoms with Gasteiger partial charge in [-0.15, -0.1) is 0 Å². The molecule has 1 fully saturated rings. The highest BCUT2D eigenvalue weighted by atomic mass is 32.2. The molecule has 0 spiro atoms. The number of hydrogen-bond donors (Lipinski definition) is 1. The highest BCUT2D eigenvalue weighted by Gasteiger charge is 2.29. The first-order valence-corrected chi connectivity index (χ1v) is 8.91. The largest absolute Gasteiger partial charge is 0.348 e. The fourth-order valence-corrected chi connectivity index (χ4v) is 4.53. The molecule has 1 amide bonds. The lowest BCUT2D eigenvalue weighted by Gasteiger charge is -2.09. The number of benzene rings is 1. The fraction of sp³-hybridized carbons (Fsp3) is 0.400. The minimum absolute atomic E-state index is 0.0468. The molecule has 1 unspecified atom stereocenters. The van der Waals surface area contributed by atoms with Crippen LogP contribution in [0.25, 0.3) is 10.9 Å². The van der Waals surface area contributed by atoms with Crippen LogP contribution in [-0.2, 0) is 16.4 Å². The minimum atomic E-state index is -2.99. The molecule has 1 saturated heterocycles. The van der Waals surface area contributed by atoms with Crippen molar-refractivity contribution in [2.24, 2.45) is 0 Å². The van der Waals surface area contributed by atoms with Crippen molar-refractivity contribution in [3.05, 3.63) is 36.0 Å². The van der Waals surface area contributed by atoms with E-state index in [1.807, 2.05) is 42.0 Å². The molecular formula is C15H18N2O3S. The van der Waals surface area contributed by atoms with E-state index in [9.17, 15) is 13.2 Å². The third-order valence-corrected chi connectivity index (χ3v) is 5.71. The van der Waals surface area contributed by atoms with E-state index in [4.69, 9.17) is 0 Å². The van der Waals surface area contributed by atoms with E-state index in [1.54, 1.807) is 0 Å². The first-order chi connectivity index (χ1) is 10.00. The highest BCUT2D eigenvalue weighted by molar-refractivity contribution is 7.91. The number of fused-ring (bicyclic) bond motifs is 1. The third kappa shape index (κ3) is 2.68. The van der Waals surface area contributed by atoms with Crippen molar-refractivity contribution in [1.29, 1.82) is 0 Å². The Bertz CT molecular complexity index is 792. The molecule has 1 aromatic heterocycles. The molecule has 0 radical (unpaired) electrons. The van der Waals surface area contributed by atoms with Gasteiger partial charge in [0.25, 0.3) is 5.91 Å². The standard InChI is InChI=1S/C15H18N2O3S/c1-2-17-9-13(12-5-3-4-6-14(12)17)15(18)16-11-7-8-21(19,20)10-11/h3-6,9,11H,2,7-8,10H2,1H3,(H,16,18). The van der Waals surface area contributed by atoms with Gasteiger partial charge in [0, 0.05) is 29.7 Å². The van der Waals surface area contributed by atoms with Gasteiger partial charge in [-0.05, 0) is 19.4 Å². The summed E-state index contributed by atoms with van der Waals surface area (Å²) in [4.78, 5) is 12.4. The van der Waals surface area contributed by atoms with Crippen molar-refractivity contribution >= 4 is 26.6 Å². The second kappa shape index (κ2) is 5.18. The summed E-state index contributed by atoms with van der Waals surface area (Å²) in [7, 11) is -2.99. The maximum atomic E-state index is 12.4. The van der Waals surface area contributed by atoms with Gasteiger partial charge in [-0.3, -0.25) is 4.79 Å². The van der Waals surface area contributed by atoms with Gasteiger partial charge >= 0.3 is 0 Å². The number of amides is 1. The van der Waals surface area contributed by atoms with E-state index >= 15 is 0 Å². The Morgan fingerprint density at radius 2 is 2.14 bits per heavy atom. The lowest BCUT2D eigenvalue weighted by molar-refractivity contribution is 0.0942. The summed E-state index contributed by atoms with van der Waals surface area (Å²) >= 11 is 0. The zero-order valence-corrected chi connectivity index (χ0v) is 12.7. The molecule has 6 heteroatoms. The molecule has 112 valence electrons. The van der Waals surface area contributed by atoms with Gasteiger partial charge in [-0.25, -0.2) is 8.42 Å². The molecule has 1 atom stereocenters. The molecule has 0 saturated carbocycles. The van der Waals surface area contributed by atoms with Crippen molar-refractivity contribution in [3.8, 4) is 0 Å². The molecule has 21 heavy (non-hydrogen) atoms. The van der Waals surface area contributed by atoms with Gasteiger partial charge in [0.05, 0.1) is 17.1 Å². The Morgan fingerprint density at radius 3 is 2.81 bits per heavy atom. The number of rotatable bonds is 3. The van der Waals surface area contributed by atoms with E-state index in [1.165, 1.54) is 0 Å². The predicted molar refractivity (Wildman–Crippen MR) is 82.1 cm³/mol. The van der Waals surface area contributed by atoms with Crippen molar-refractivity contribution in [2.45, 2.75) is 25.9 Å². The van der Waals surface area contributed by atoms with Crippen molar-refractivity contribution in [1.82, 2.24) is 9.88 Å². The molecule has 2 aromatic rings. The normalized spacial score (nSPS) is 20.7. The Labute approximate surface area is 123 Å². The van der Waals surface area contributed by atoms with E-state index in [-0.39, 0.29) is 23.5 Å². The number of nitrogens with zero attached hydrogens (tertiary/aromatic N) is 1. The van der Waals surface area contributed by atoms with Gasteiger partial charge in [0.2, 0.25) is 0 Å². The van der Waals surface area contributed by atoms with Crippen LogP contribution >= 0.6 is 0 Å². The summed E-state index contributed by atoms with van der Waals surface area (Å²) in [5.74, 6) is 0.0142. The third-order valence-electron chi connectivity index (χ3n) is 3.94. The maximum Gasteiger partial charge on any atom is 0.253 e. The first-order valence-electron chi connectivity index (χ1n) is 7.09. The lowest BCUT2D eigenvalue weighted by atomic mass is 10.1. The Morgan fingerprint density at radius 1 is 1.38 bits per heavy atom. The van der Waals surface area contributed by atoms with Crippen LogP contribution in [0, 0.1) is 0 Å². The van der Waals surface area contributed by atoms with Gasteiger partial charge in [0.15, 0.2) is 9.84 Å². The summed E-state index contributed by atoms with van der Waals surface area (Å²) in [5.41, 5.74) is 1.63. The molecule has 1 aliphatic heterocycles. The van der Waals surface area contributed by atoms with Gasteiger partial charge in [-0.2, -0.15) is 0 Å². The molecule has 2 heterocycles. The van der Waals surface area contributed by atoms with E-state index in [2.05, 4.69) is 5.32 Å². The monoisotopic (exact) mass is 306 g/mol. The lowest BCUT2D eigenvalue weighted by Crippen LogP contribution is -2.35. The Kier molecular flexibility index (Phi) is 3.49. The smallest absolute Gasteiger partial charge is 0.253 e. The van der Waals surface area contributed by atoms with Crippen LogP contribution in [0.4, 0.5) is 0 Å². The van der Waals surface area contributed by atoms with E-state index in [0.29, 0.717) is 12.0 Å². The van der Waals surface area contributed by atoms with E-state index < -0.39 is 9.84 Å². The quantitative estimate of drug-likeness (QED) is 0.936. The molecule has 1 aromatic carbocycles. The van der Waals surface area contributed by atoms with Gasteiger partial charge in [-0.1, -0.05) is 18.2 Å². The number of aryl methyl sites for hydroxylation is 1. The summed E-state index contributed by atoms with van der Waals surface area (Å²) in [5, 5.41) is 3.75. The molecule has 3 rings (SSSR count). The van der Waals surface area contributed by atoms with E-state index in [0.717, 1.165) is 17.4 Å². The molecule has 0 bridgehead atoms.